The highest BCUT2D eigenvalue weighted by molar-refractivity contribution is 5.98. The van der Waals surface area contributed by atoms with Gasteiger partial charge in [-0.2, -0.15) is 0 Å². The number of anilines is 1. The molecule has 0 spiro atoms. The van der Waals surface area contributed by atoms with Crippen molar-refractivity contribution in [2.75, 3.05) is 5.32 Å². The van der Waals surface area contributed by atoms with Crippen LogP contribution in [0.4, 0.5) is 5.82 Å². The van der Waals surface area contributed by atoms with E-state index >= 15 is 0 Å². The maximum Gasteiger partial charge on any atom is 0.245 e. The minimum Gasteiger partial charge on any atom is -0.317 e. The van der Waals surface area contributed by atoms with Crippen LogP contribution in [-0.4, -0.2) is 16.4 Å². The topological polar surface area (TPSA) is 68.0 Å². The standard InChI is InChI=1S/C11H15N3O/c1-8-4-2-7-13-9(8)14-10(15)11(12)5-3-6-11/h2,4,7H,3,5-6,12H2,1H3,(H,13,14,15). The quantitative estimate of drug-likeness (QED) is 0.762. The predicted molar refractivity (Wildman–Crippen MR) is 58.4 cm³/mol. The zero-order valence-electron chi connectivity index (χ0n) is 8.79. The van der Waals surface area contributed by atoms with Crippen molar-refractivity contribution in [3.8, 4) is 0 Å². The molecule has 1 aromatic heterocycles. The van der Waals surface area contributed by atoms with Crippen LogP contribution in [0.5, 0.6) is 0 Å². The summed E-state index contributed by atoms with van der Waals surface area (Å²) in [6.45, 7) is 1.91. The van der Waals surface area contributed by atoms with Crippen molar-refractivity contribution in [2.24, 2.45) is 5.73 Å². The summed E-state index contributed by atoms with van der Waals surface area (Å²) in [5.74, 6) is 0.495. The molecule has 1 aliphatic rings. The fraction of sp³-hybridized carbons (Fsp3) is 0.455. The molecule has 0 radical (unpaired) electrons. The van der Waals surface area contributed by atoms with E-state index in [2.05, 4.69) is 10.3 Å². The molecule has 0 aliphatic heterocycles. The highest BCUT2D eigenvalue weighted by Crippen LogP contribution is 2.30. The van der Waals surface area contributed by atoms with E-state index in [1.54, 1.807) is 6.20 Å². The van der Waals surface area contributed by atoms with Crippen LogP contribution in [0.15, 0.2) is 18.3 Å². The van der Waals surface area contributed by atoms with E-state index in [0.717, 1.165) is 24.8 Å². The van der Waals surface area contributed by atoms with Crippen LogP contribution in [0.1, 0.15) is 24.8 Å². The molecule has 1 fully saturated rings. The molecule has 1 heterocycles. The zero-order chi connectivity index (χ0) is 10.9. The Labute approximate surface area is 88.9 Å². The minimum absolute atomic E-state index is 0.115. The summed E-state index contributed by atoms with van der Waals surface area (Å²) < 4.78 is 0. The molecule has 0 aromatic carbocycles. The van der Waals surface area contributed by atoms with Gasteiger partial charge in [0.05, 0.1) is 5.54 Å². The second kappa shape index (κ2) is 3.62. The molecule has 15 heavy (non-hydrogen) atoms. The van der Waals surface area contributed by atoms with Gasteiger partial charge in [0.15, 0.2) is 0 Å². The van der Waals surface area contributed by atoms with Gasteiger partial charge in [0.25, 0.3) is 0 Å². The number of aryl methyl sites for hydroxylation is 1. The second-order valence-electron chi connectivity index (χ2n) is 4.13. The van der Waals surface area contributed by atoms with Crippen molar-refractivity contribution < 1.29 is 4.79 Å². The van der Waals surface area contributed by atoms with Crippen molar-refractivity contribution in [3.05, 3.63) is 23.9 Å². The fourth-order valence-electron chi connectivity index (χ4n) is 1.63. The second-order valence-corrected chi connectivity index (χ2v) is 4.13. The Morgan fingerprint density at radius 2 is 2.33 bits per heavy atom. The van der Waals surface area contributed by atoms with Crippen molar-refractivity contribution in [3.63, 3.8) is 0 Å². The molecule has 1 aromatic rings. The highest BCUT2D eigenvalue weighted by atomic mass is 16.2. The first kappa shape index (κ1) is 10.1. The first-order chi connectivity index (χ1) is 7.12. The van der Waals surface area contributed by atoms with Crippen LogP contribution in [0.25, 0.3) is 0 Å². The summed E-state index contributed by atoms with van der Waals surface area (Å²) in [4.78, 5) is 15.9. The Hall–Kier alpha value is -1.42. The lowest BCUT2D eigenvalue weighted by Crippen LogP contribution is -2.56. The molecule has 80 valence electrons. The van der Waals surface area contributed by atoms with E-state index in [4.69, 9.17) is 5.73 Å². The van der Waals surface area contributed by atoms with Crippen molar-refractivity contribution >= 4 is 11.7 Å². The number of nitrogens with two attached hydrogens (primary N) is 1. The van der Waals surface area contributed by atoms with Crippen molar-refractivity contribution in [1.82, 2.24) is 4.98 Å². The Kier molecular flexibility index (Phi) is 2.44. The summed E-state index contributed by atoms with van der Waals surface area (Å²) in [5, 5.41) is 2.78. The van der Waals surface area contributed by atoms with Crippen LogP contribution < -0.4 is 11.1 Å². The van der Waals surface area contributed by atoms with Crippen LogP contribution in [-0.2, 0) is 4.79 Å². The van der Waals surface area contributed by atoms with Crippen LogP contribution in [0, 0.1) is 6.92 Å². The predicted octanol–water partition coefficient (Wildman–Crippen LogP) is 1.21. The molecule has 0 unspecified atom stereocenters. The van der Waals surface area contributed by atoms with E-state index in [0.29, 0.717) is 5.82 Å². The largest absolute Gasteiger partial charge is 0.317 e. The Morgan fingerprint density at radius 1 is 1.60 bits per heavy atom. The molecule has 2 rings (SSSR count). The van der Waals surface area contributed by atoms with Gasteiger partial charge in [0.1, 0.15) is 5.82 Å². The first-order valence-electron chi connectivity index (χ1n) is 5.14. The van der Waals surface area contributed by atoms with Crippen LogP contribution in [0.3, 0.4) is 0 Å². The lowest BCUT2D eigenvalue weighted by Gasteiger charge is -2.36. The molecule has 1 aliphatic carbocycles. The molecule has 4 nitrogen and oxygen atoms in total. The number of pyridine rings is 1. The number of rotatable bonds is 2. The summed E-state index contributed by atoms with van der Waals surface area (Å²) in [7, 11) is 0. The number of carbonyl (C=O) groups excluding carboxylic acids is 1. The van der Waals surface area contributed by atoms with Gasteiger partial charge in [-0.1, -0.05) is 6.07 Å². The number of amides is 1. The van der Waals surface area contributed by atoms with Crippen molar-refractivity contribution in [2.45, 2.75) is 31.7 Å². The van der Waals surface area contributed by atoms with Gasteiger partial charge in [0.2, 0.25) is 5.91 Å². The molecular weight excluding hydrogens is 190 g/mol. The Morgan fingerprint density at radius 3 is 2.87 bits per heavy atom. The third-order valence-corrected chi connectivity index (χ3v) is 2.94. The number of nitrogens with one attached hydrogen (secondary N) is 1. The van der Waals surface area contributed by atoms with Gasteiger partial charge in [-0.15, -0.1) is 0 Å². The average molecular weight is 205 g/mol. The molecule has 0 atom stereocenters. The number of hydrogen-bond acceptors (Lipinski definition) is 3. The molecular formula is C11H15N3O. The van der Waals surface area contributed by atoms with Gasteiger partial charge in [0, 0.05) is 6.20 Å². The van der Waals surface area contributed by atoms with E-state index in [9.17, 15) is 4.79 Å². The van der Waals surface area contributed by atoms with E-state index < -0.39 is 5.54 Å². The zero-order valence-corrected chi connectivity index (χ0v) is 8.79. The monoisotopic (exact) mass is 205 g/mol. The molecule has 0 bridgehead atoms. The Balaban J connectivity index is 2.09. The van der Waals surface area contributed by atoms with Crippen molar-refractivity contribution in [1.29, 1.82) is 0 Å². The van der Waals surface area contributed by atoms with E-state index in [-0.39, 0.29) is 5.91 Å². The number of aromatic nitrogens is 1. The summed E-state index contributed by atoms with van der Waals surface area (Å²) in [6, 6.07) is 3.75. The SMILES string of the molecule is Cc1cccnc1NC(=O)C1(N)CCC1. The van der Waals surface area contributed by atoms with Crippen LogP contribution in [0.2, 0.25) is 0 Å². The van der Waals surface area contributed by atoms with E-state index in [1.807, 2.05) is 19.1 Å². The summed E-state index contributed by atoms with van der Waals surface area (Å²) in [5.41, 5.74) is 6.19. The van der Waals surface area contributed by atoms with Gasteiger partial charge in [-0.25, -0.2) is 4.98 Å². The Bertz CT molecular complexity index is 385. The lowest BCUT2D eigenvalue weighted by molar-refractivity contribution is -0.123. The fourth-order valence-corrected chi connectivity index (χ4v) is 1.63. The summed E-state index contributed by atoms with van der Waals surface area (Å²) >= 11 is 0. The molecule has 4 heteroatoms. The maximum atomic E-state index is 11.8. The van der Waals surface area contributed by atoms with Gasteiger partial charge in [-0.05, 0) is 37.8 Å². The molecule has 0 saturated heterocycles. The maximum absolute atomic E-state index is 11.8. The molecule has 1 saturated carbocycles. The summed E-state index contributed by atoms with van der Waals surface area (Å²) in [6.07, 6.45) is 4.23. The number of carbonyl (C=O) groups is 1. The number of nitrogens with zero attached hydrogens (tertiary/aromatic N) is 1. The molecule has 1 amide bonds. The van der Waals surface area contributed by atoms with Gasteiger partial charge >= 0.3 is 0 Å². The smallest absolute Gasteiger partial charge is 0.245 e. The average Bonchev–Trinajstić information content (AvgIpc) is 2.18. The van der Waals surface area contributed by atoms with E-state index in [1.165, 1.54) is 0 Å². The van der Waals surface area contributed by atoms with Crippen LogP contribution >= 0.6 is 0 Å². The third kappa shape index (κ3) is 1.85. The lowest BCUT2D eigenvalue weighted by atomic mass is 9.77. The minimum atomic E-state index is -0.663. The van der Waals surface area contributed by atoms with Gasteiger partial charge < -0.3 is 11.1 Å². The first-order valence-corrected chi connectivity index (χ1v) is 5.14. The number of hydrogen-bond donors (Lipinski definition) is 2. The highest BCUT2D eigenvalue weighted by Gasteiger charge is 2.40. The third-order valence-electron chi connectivity index (χ3n) is 2.94. The normalized spacial score (nSPS) is 18.0. The van der Waals surface area contributed by atoms with Gasteiger partial charge in [-0.3, -0.25) is 4.79 Å². The molecule has 3 N–H and O–H groups in total.